The molecule has 6 heteroatoms. The molecule has 1 aliphatic heterocycles. The molecule has 2 heterocycles. The van der Waals surface area contributed by atoms with Gasteiger partial charge in [-0.3, -0.25) is 9.59 Å². The standard InChI is InChI=1S/C26H30N2O4/c1-5-15-31-19-10-8-18(9-11-19)23-22-24(29)20-16-17(2)7-12-21(20)32-25(22)26(30)28(23)14-6-13-27(3)4/h7-12,16,23H,5-6,13-15H2,1-4H3/t23-/m1/s1. The molecule has 32 heavy (non-hydrogen) atoms. The quantitative estimate of drug-likeness (QED) is 0.526. The molecule has 1 aliphatic rings. The summed E-state index contributed by atoms with van der Waals surface area (Å²) in [7, 11) is 4.01. The minimum absolute atomic E-state index is 0.135. The number of amides is 1. The van der Waals surface area contributed by atoms with E-state index in [1.54, 1.807) is 11.0 Å². The first-order chi connectivity index (χ1) is 15.4. The third-order valence-electron chi connectivity index (χ3n) is 5.79. The maximum Gasteiger partial charge on any atom is 0.290 e. The van der Waals surface area contributed by atoms with E-state index >= 15 is 0 Å². The van der Waals surface area contributed by atoms with Crippen molar-refractivity contribution in [1.29, 1.82) is 0 Å². The van der Waals surface area contributed by atoms with E-state index in [4.69, 9.17) is 9.15 Å². The van der Waals surface area contributed by atoms with Gasteiger partial charge >= 0.3 is 0 Å². The molecule has 3 aromatic rings. The molecular weight excluding hydrogens is 404 g/mol. The van der Waals surface area contributed by atoms with Gasteiger partial charge in [0, 0.05) is 6.54 Å². The predicted molar refractivity (Wildman–Crippen MR) is 125 cm³/mol. The number of ether oxygens (including phenoxy) is 1. The van der Waals surface area contributed by atoms with Crippen molar-refractivity contribution in [3.63, 3.8) is 0 Å². The van der Waals surface area contributed by atoms with Crippen LogP contribution in [0.25, 0.3) is 11.0 Å². The SMILES string of the molecule is CCCOc1ccc([C@@H]2c3c(oc4ccc(C)cc4c3=O)C(=O)N2CCCN(C)C)cc1. The number of rotatable bonds is 8. The van der Waals surface area contributed by atoms with Crippen molar-refractivity contribution in [2.45, 2.75) is 32.7 Å². The monoisotopic (exact) mass is 434 g/mol. The predicted octanol–water partition coefficient (Wildman–Crippen LogP) is 4.39. The maximum absolute atomic E-state index is 13.6. The van der Waals surface area contributed by atoms with Crippen LogP contribution >= 0.6 is 0 Å². The van der Waals surface area contributed by atoms with E-state index in [0.717, 1.165) is 36.3 Å². The molecule has 6 nitrogen and oxygen atoms in total. The van der Waals surface area contributed by atoms with Crippen LogP contribution in [0.5, 0.6) is 5.75 Å². The third kappa shape index (κ3) is 4.15. The Morgan fingerprint density at radius 3 is 2.53 bits per heavy atom. The van der Waals surface area contributed by atoms with Crippen LogP contribution in [0.2, 0.25) is 0 Å². The smallest absolute Gasteiger partial charge is 0.290 e. The summed E-state index contributed by atoms with van der Waals surface area (Å²) in [5.74, 6) is 0.711. The lowest BCUT2D eigenvalue weighted by Gasteiger charge is -2.26. The maximum atomic E-state index is 13.6. The fourth-order valence-electron chi connectivity index (χ4n) is 4.23. The largest absolute Gasteiger partial charge is 0.494 e. The average molecular weight is 435 g/mol. The number of aryl methyl sites for hydroxylation is 1. The summed E-state index contributed by atoms with van der Waals surface area (Å²) < 4.78 is 11.7. The summed E-state index contributed by atoms with van der Waals surface area (Å²) in [6, 6.07) is 12.7. The van der Waals surface area contributed by atoms with Gasteiger partial charge in [0.2, 0.25) is 5.76 Å². The molecule has 0 spiro atoms. The highest BCUT2D eigenvalue weighted by atomic mass is 16.5. The van der Waals surface area contributed by atoms with Gasteiger partial charge in [0.25, 0.3) is 5.91 Å². The van der Waals surface area contributed by atoms with Crippen molar-refractivity contribution >= 4 is 16.9 Å². The second-order valence-corrected chi connectivity index (χ2v) is 8.65. The lowest BCUT2D eigenvalue weighted by molar-refractivity contribution is 0.0722. The molecule has 4 rings (SSSR count). The molecule has 0 saturated heterocycles. The zero-order valence-corrected chi connectivity index (χ0v) is 19.2. The molecule has 1 amide bonds. The van der Waals surface area contributed by atoms with Crippen LogP contribution in [-0.2, 0) is 0 Å². The molecule has 0 radical (unpaired) electrons. The zero-order chi connectivity index (χ0) is 22.8. The van der Waals surface area contributed by atoms with Crippen molar-refractivity contribution in [2.75, 3.05) is 33.8 Å². The summed E-state index contributed by atoms with van der Waals surface area (Å²) in [4.78, 5) is 30.8. The van der Waals surface area contributed by atoms with Gasteiger partial charge in [-0.05, 0) is 70.2 Å². The van der Waals surface area contributed by atoms with E-state index in [-0.39, 0.29) is 17.1 Å². The Kier molecular flexibility index (Phi) is 6.33. The molecule has 1 aromatic heterocycles. The highest BCUT2D eigenvalue weighted by Crippen LogP contribution is 2.38. The van der Waals surface area contributed by atoms with Gasteiger partial charge in [-0.1, -0.05) is 30.7 Å². The minimum atomic E-state index is -0.471. The molecule has 0 bridgehead atoms. The number of fused-ring (bicyclic) bond motifs is 2. The Balaban J connectivity index is 1.80. The molecular formula is C26H30N2O4. The summed E-state index contributed by atoms with van der Waals surface area (Å²) in [5.41, 5.74) is 2.60. The summed E-state index contributed by atoms with van der Waals surface area (Å²) in [6.45, 7) is 6.04. The minimum Gasteiger partial charge on any atom is -0.494 e. The Hall–Kier alpha value is -3.12. The van der Waals surface area contributed by atoms with Crippen LogP contribution in [0.1, 0.15) is 53.1 Å². The molecule has 0 saturated carbocycles. The van der Waals surface area contributed by atoms with Crippen molar-refractivity contribution in [3.8, 4) is 5.75 Å². The van der Waals surface area contributed by atoms with E-state index in [1.165, 1.54) is 0 Å². The fourth-order valence-corrected chi connectivity index (χ4v) is 4.23. The van der Waals surface area contributed by atoms with E-state index in [9.17, 15) is 9.59 Å². The topological polar surface area (TPSA) is 63.0 Å². The van der Waals surface area contributed by atoms with Crippen LogP contribution in [0.15, 0.2) is 51.7 Å². The normalized spacial score (nSPS) is 15.6. The van der Waals surface area contributed by atoms with Gasteiger partial charge in [-0.25, -0.2) is 0 Å². The second kappa shape index (κ2) is 9.17. The Morgan fingerprint density at radius 1 is 1.09 bits per heavy atom. The van der Waals surface area contributed by atoms with Crippen molar-refractivity contribution in [2.24, 2.45) is 0 Å². The third-order valence-corrected chi connectivity index (χ3v) is 5.79. The molecule has 0 N–H and O–H groups in total. The van der Waals surface area contributed by atoms with Gasteiger partial charge in [0.15, 0.2) is 5.43 Å². The lowest BCUT2D eigenvalue weighted by Crippen LogP contribution is -2.32. The molecule has 0 aliphatic carbocycles. The number of carbonyl (C=O) groups excluding carboxylic acids is 1. The number of benzene rings is 2. The van der Waals surface area contributed by atoms with Gasteiger partial charge < -0.3 is 19.0 Å². The number of nitrogens with zero attached hydrogens (tertiary/aromatic N) is 2. The first-order valence-corrected chi connectivity index (χ1v) is 11.2. The number of carbonyl (C=O) groups is 1. The second-order valence-electron chi connectivity index (χ2n) is 8.65. The fraction of sp³-hybridized carbons (Fsp3) is 0.385. The Labute approximate surface area is 188 Å². The van der Waals surface area contributed by atoms with Gasteiger partial charge in [0.1, 0.15) is 11.3 Å². The van der Waals surface area contributed by atoms with Crippen LogP contribution in [0, 0.1) is 6.92 Å². The summed E-state index contributed by atoms with van der Waals surface area (Å²) in [6.07, 6.45) is 1.73. The summed E-state index contributed by atoms with van der Waals surface area (Å²) >= 11 is 0. The van der Waals surface area contributed by atoms with Crippen molar-refractivity contribution in [3.05, 3.63) is 75.1 Å². The molecule has 168 valence electrons. The Bertz CT molecular complexity index is 1180. The van der Waals surface area contributed by atoms with Crippen molar-refractivity contribution in [1.82, 2.24) is 9.80 Å². The van der Waals surface area contributed by atoms with E-state index in [1.807, 2.05) is 57.4 Å². The lowest BCUT2D eigenvalue weighted by atomic mass is 9.98. The van der Waals surface area contributed by atoms with Crippen LogP contribution in [-0.4, -0.2) is 49.5 Å². The van der Waals surface area contributed by atoms with E-state index < -0.39 is 6.04 Å². The van der Waals surface area contributed by atoms with Crippen LogP contribution in [0.4, 0.5) is 0 Å². The molecule has 1 atom stereocenters. The number of hydrogen-bond acceptors (Lipinski definition) is 5. The van der Waals surface area contributed by atoms with E-state index in [2.05, 4.69) is 11.8 Å². The molecule has 0 fully saturated rings. The van der Waals surface area contributed by atoms with Gasteiger partial charge in [0.05, 0.1) is 23.6 Å². The molecule has 0 unspecified atom stereocenters. The van der Waals surface area contributed by atoms with Crippen LogP contribution in [0.3, 0.4) is 0 Å². The van der Waals surface area contributed by atoms with E-state index in [0.29, 0.717) is 29.7 Å². The van der Waals surface area contributed by atoms with Crippen molar-refractivity contribution < 1.29 is 13.9 Å². The van der Waals surface area contributed by atoms with Gasteiger partial charge in [-0.2, -0.15) is 0 Å². The molecule has 2 aromatic carbocycles. The highest BCUT2D eigenvalue weighted by molar-refractivity contribution is 5.99. The van der Waals surface area contributed by atoms with Crippen LogP contribution < -0.4 is 10.2 Å². The Morgan fingerprint density at radius 2 is 1.84 bits per heavy atom. The highest BCUT2D eigenvalue weighted by Gasteiger charge is 2.42. The first-order valence-electron chi connectivity index (χ1n) is 11.2. The number of hydrogen-bond donors (Lipinski definition) is 0. The van der Waals surface area contributed by atoms with Gasteiger partial charge in [-0.15, -0.1) is 0 Å². The summed E-state index contributed by atoms with van der Waals surface area (Å²) in [5, 5.41) is 0.514. The average Bonchev–Trinajstić information content (AvgIpc) is 3.05. The first kappa shape index (κ1) is 22.1. The zero-order valence-electron chi connectivity index (χ0n) is 19.2.